The largest absolute Gasteiger partial charge is 0.508 e. The summed E-state index contributed by atoms with van der Waals surface area (Å²) in [6, 6.07) is 14.5. The van der Waals surface area contributed by atoms with E-state index < -0.39 is 5.97 Å². The second-order valence-electron chi connectivity index (χ2n) is 5.04. The van der Waals surface area contributed by atoms with E-state index in [-0.39, 0.29) is 11.8 Å². The first-order valence-corrected chi connectivity index (χ1v) is 6.67. The molecule has 0 heterocycles. The summed E-state index contributed by atoms with van der Waals surface area (Å²) in [4.78, 5) is 13.7. The zero-order valence-corrected chi connectivity index (χ0v) is 12.4. The third-order valence-corrected chi connectivity index (χ3v) is 3.37. The van der Waals surface area contributed by atoms with Crippen molar-refractivity contribution in [3.63, 3.8) is 0 Å². The Hall–Kier alpha value is -2.33. The molecular weight excluding hydrogens is 266 g/mol. The molecule has 0 bridgehead atoms. The molecule has 2 rings (SSSR count). The van der Waals surface area contributed by atoms with Gasteiger partial charge in [0, 0.05) is 5.56 Å². The number of nitrogens with zero attached hydrogens (tertiary/aromatic N) is 1. The van der Waals surface area contributed by atoms with Crippen LogP contribution in [0, 0.1) is 0 Å². The van der Waals surface area contributed by atoms with Crippen LogP contribution < -0.4 is 0 Å². The minimum atomic E-state index is -0.415. The van der Waals surface area contributed by atoms with Crippen molar-refractivity contribution in [3.05, 3.63) is 65.2 Å². The van der Waals surface area contributed by atoms with Crippen molar-refractivity contribution in [1.29, 1.82) is 0 Å². The summed E-state index contributed by atoms with van der Waals surface area (Å²) in [6.45, 7) is 0. The second kappa shape index (κ2) is 6.41. The molecule has 1 atom stereocenters. The lowest BCUT2D eigenvalue weighted by molar-refractivity contribution is 0.0600. The number of phenolic OH excluding ortho intramolecular Hbond substituents is 1. The highest BCUT2D eigenvalue weighted by Gasteiger charge is 2.21. The van der Waals surface area contributed by atoms with Crippen LogP contribution in [-0.2, 0) is 4.74 Å². The predicted molar refractivity (Wildman–Crippen MR) is 81.4 cm³/mol. The van der Waals surface area contributed by atoms with Crippen LogP contribution in [0.4, 0.5) is 0 Å². The molecule has 0 fully saturated rings. The SMILES string of the molecule is COC(=O)c1ccc(O)c(C(c2ccccc2)N(C)C)c1. The van der Waals surface area contributed by atoms with Crippen molar-refractivity contribution in [1.82, 2.24) is 4.90 Å². The number of carbonyl (C=O) groups is 1. The number of aromatic hydroxyl groups is 1. The fraction of sp³-hybridized carbons (Fsp3) is 0.235. The summed E-state index contributed by atoms with van der Waals surface area (Å²) in [6.07, 6.45) is 0. The van der Waals surface area contributed by atoms with Crippen LogP contribution in [0.3, 0.4) is 0 Å². The fourth-order valence-corrected chi connectivity index (χ4v) is 2.41. The molecule has 0 amide bonds. The molecule has 0 aliphatic carbocycles. The van der Waals surface area contributed by atoms with Crippen molar-refractivity contribution >= 4 is 5.97 Å². The minimum absolute atomic E-state index is 0.143. The summed E-state index contributed by atoms with van der Waals surface area (Å²) in [7, 11) is 5.21. The Morgan fingerprint density at radius 3 is 2.38 bits per heavy atom. The van der Waals surface area contributed by atoms with Crippen LogP contribution in [0.2, 0.25) is 0 Å². The molecule has 2 aromatic carbocycles. The first-order valence-electron chi connectivity index (χ1n) is 6.67. The van der Waals surface area contributed by atoms with Gasteiger partial charge in [-0.2, -0.15) is 0 Å². The third-order valence-electron chi connectivity index (χ3n) is 3.37. The van der Waals surface area contributed by atoms with Gasteiger partial charge in [-0.15, -0.1) is 0 Å². The average molecular weight is 285 g/mol. The Morgan fingerprint density at radius 1 is 1.14 bits per heavy atom. The molecule has 21 heavy (non-hydrogen) atoms. The molecule has 2 aromatic rings. The number of hydrogen-bond donors (Lipinski definition) is 1. The molecule has 0 aromatic heterocycles. The Morgan fingerprint density at radius 2 is 1.81 bits per heavy atom. The molecule has 110 valence electrons. The number of rotatable bonds is 4. The Labute approximate surface area is 124 Å². The van der Waals surface area contributed by atoms with Crippen LogP contribution in [0.25, 0.3) is 0 Å². The smallest absolute Gasteiger partial charge is 0.337 e. The lowest BCUT2D eigenvalue weighted by Gasteiger charge is -2.26. The van der Waals surface area contributed by atoms with Crippen LogP contribution >= 0.6 is 0 Å². The predicted octanol–water partition coefficient (Wildman–Crippen LogP) is 2.83. The number of methoxy groups -OCH3 is 1. The molecule has 4 heteroatoms. The van der Waals surface area contributed by atoms with E-state index in [9.17, 15) is 9.90 Å². The van der Waals surface area contributed by atoms with Gasteiger partial charge >= 0.3 is 5.97 Å². The van der Waals surface area contributed by atoms with Crippen LogP contribution in [0.15, 0.2) is 48.5 Å². The highest BCUT2D eigenvalue weighted by molar-refractivity contribution is 5.89. The van der Waals surface area contributed by atoms with Crippen molar-refractivity contribution in [2.45, 2.75) is 6.04 Å². The average Bonchev–Trinajstić information content (AvgIpc) is 2.49. The fourth-order valence-electron chi connectivity index (χ4n) is 2.41. The van der Waals surface area contributed by atoms with E-state index in [1.54, 1.807) is 12.1 Å². The quantitative estimate of drug-likeness (QED) is 0.878. The molecule has 0 radical (unpaired) electrons. The van der Waals surface area contributed by atoms with Gasteiger partial charge in [-0.3, -0.25) is 4.90 Å². The number of hydrogen-bond acceptors (Lipinski definition) is 4. The first kappa shape index (κ1) is 15.1. The van der Waals surface area contributed by atoms with Gasteiger partial charge in [0.15, 0.2) is 0 Å². The number of esters is 1. The normalized spacial score (nSPS) is 12.2. The molecule has 0 aliphatic rings. The maximum absolute atomic E-state index is 11.7. The molecule has 4 nitrogen and oxygen atoms in total. The third kappa shape index (κ3) is 3.23. The maximum atomic E-state index is 11.7. The Kier molecular flexibility index (Phi) is 4.60. The molecule has 1 unspecified atom stereocenters. The maximum Gasteiger partial charge on any atom is 0.337 e. The summed E-state index contributed by atoms with van der Waals surface area (Å²) < 4.78 is 4.74. The topological polar surface area (TPSA) is 49.8 Å². The zero-order valence-electron chi connectivity index (χ0n) is 12.4. The molecule has 1 N–H and O–H groups in total. The lowest BCUT2D eigenvalue weighted by Crippen LogP contribution is -2.21. The number of ether oxygens (including phenoxy) is 1. The van der Waals surface area contributed by atoms with Crippen molar-refractivity contribution in [2.24, 2.45) is 0 Å². The molecule has 0 aliphatic heterocycles. The van der Waals surface area contributed by atoms with Crippen LogP contribution in [0.1, 0.15) is 27.5 Å². The Balaban J connectivity index is 2.53. The minimum Gasteiger partial charge on any atom is -0.508 e. The van der Waals surface area contributed by atoms with Gasteiger partial charge in [-0.25, -0.2) is 4.79 Å². The van der Waals surface area contributed by atoms with Gasteiger partial charge in [0.1, 0.15) is 5.75 Å². The van der Waals surface area contributed by atoms with E-state index in [4.69, 9.17) is 4.74 Å². The van der Waals surface area contributed by atoms with Crippen LogP contribution in [0.5, 0.6) is 5.75 Å². The highest BCUT2D eigenvalue weighted by atomic mass is 16.5. The number of phenols is 1. The van der Waals surface area contributed by atoms with E-state index in [0.717, 1.165) is 5.56 Å². The number of carbonyl (C=O) groups excluding carboxylic acids is 1. The lowest BCUT2D eigenvalue weighted by atomic mass is 9.95. The molecule has 0 saturated heterocycles. The summed E-state index contributed by atoms with van der Waals surface area (Å²) in [5.74, 6) is -0.257. The van der Waals surface area contributed by atoms with Gasteiger partial charge in [0.05, 0.1) is 18.7 Å². The van der Waals surface area contributed by atoms with E-state index in [2.05, 4.69) is 0 Å². The molecule has 0 spiro atoms. The monoisotopic (exact) mass is 285 g/mol. The van der Waals surface area contributed by atoms with Gasteiger partial charge in [-0.05, 0) is 37.9 Å². The molecule has 0 saturated carbocycles. The van der Waals surface area contributed by atoms with Gasteiger partial charge in [0.2, 0.25) is 0 Å². The van der Waals surface area contributed by atoms with E-state index >= 15 is 0 Å². The Bertz CT molecular complexity index is 623. The van der Waals surface area contributed by atoms with E-state index in [1.807, 2.05) is 49.3 Å². The van der Waals surface area contributed by atoms with Crippen LogP contribution in [-0.4, -0.2) is 37.2 Å². The van der Waals surface area contributed by atoms with Crippen molar-refractivity contribution in [2.75, 3.05) is 21.2 Å². The van der Waals surface area contributed by atoms with Gasteiger partial charge in [-0.1, -0.05) is 30.3 Å². The van der Waals surface area contributed by atoms with E-state index in [1.165, 1.54) is 13.2 Å². The standard InChI is InChI=1S/C17H19NO3/c1-18(2)16(12-7-5-4-6-8-12)14-11-13(17(20)21-3)9-10-15(14)19/h4-11,16,19H,1-3H3. The zero-order chi connectivity index (χ0) is 15.4. The molecular formula is C17H19NO3. The summed E-state index contributed by atoms with van der Waals surface area (Å²) >= 11 is 0. The summed E-state index contributed by atoms with van der Waals surface area (Å²) in [5, 5.41) is 10.2. The number of benzene rings is 2. The highest BCUT2D eigenvalue weighted by Crippen LogP contribution is 2.33. The van der Waals surface area contributed by atoms with E-state index in [0.29, 0.717) is 11.1 Å². The van der Waals surface area contributed by atoms with Gasteiger partial charge in [0.25, 0.3) is 0 Å². The first-order chi connectivity index (χ1) is 10.0. The van der Waals surface area contributed by atoms with Crippen molar-refractivity contribution in [3.8, 4) is 5.75 Å². The van der Waals surface area contributed by atoms with Gasteiger partial charge < -0.3 is 9.84 Å². The van der Waals surface area contributed by atoms with Crippen molar-refractivity contribution < 1.29 is 14.6 Å². The second-order valence-corrected chi connectivity index (χ2v) is 5.04. The summed E-state index contributed by atoms with van der Waals surface area (Å²) in [5.41, 5.74) is 2.14.